The first-order valence-electron chi connectivity index (χ1n) is 58.2. The Balaban J connectivity index is 1.38. The van der Waals surface area contributed by atoms with Gasteiger partial charge >= 0.3 is 0 Å². The van der Waals surface area contributed by atoms with Gasteiger partial charge in [0.25, 0.3) is 0 Å². The van der Waals surface area contributed by atoms with E-state index in [0.717, 1.165) is 145 Å². The van der Waals surface area contributed by atoms with Crippen LogP contribution in [-0.4, -0.2) is 54.6 Å². The highest BCUT2D eigenvalue weighted by Crippen LogP contribution is 2.45. The molecular formula is C121H211N3O7. The summed E-state index contributed by atoms with van der Waals surface area (Å²) in [5, 5.41) is 0. The van der Waals surface area contributed by atoms with Crippen LogP contribution in [-0.2, 0) is 0 Å². The third-order valence-corrected chi connectivity index (χ3v) is 28.0. The van der Waals surface area contributed by atoms with Crippen LogP contribution < -0.4 is 33.8 Å². The van der Waals surface area contributed by atoms with Crippen molar-refractivity contribution in [2.24, 2.45) is 0 Å². The molecule has 5 rings (SSSR count). The monoisotopic (exact) mass is 1820 g/mol. The molecule has 131 heavy (non-hydrogen) atoms. The third-order valence-electron chi connectivity index (χ3n) is 28.0. The Morgan fingerprint density at radius 3 is 0.466 bits per heavy atom. The highest BCUT2D eigenvalue weighted by molar-refractivity contribution is 5.75. The summed E-state index contributed by atoms with van der Waals surface area (Å²) >= 11 is 0. The van der Waals surface area contributed by atoms with E-state index in [4.69, 9.17) is 28.4 Å². The van der Waals surface area contributed by atoms with Crippen molar-refractivity contribution in [1.29, 1.82) is 0 Å². The zero-order valence-electron chi connectivity index (χ0n) is 87.3. The molecule has 0 saturated heterocycles. The van der Waals surface area contributed by atoms with E-state index in [9.17, 15) is 4.79 Å². The number of rotatable bonds is 100. The summed E-state index contributed by atoms with van der Waals surface area (Å²) in [5.41, 5.74) is 6.79. The minimum Gasteiger partial charge on any atom is -0.490 e. The number of benzene rings is 2. The molecular weight excluding hydrogens is 1610 g/mol. The van der Waals surface area contributed by atoms with Crippen molar-refractivity contribution in [1.82, 2.24) is 15.0 Å². The Hall–Kier alpha value is -5.25. The second-order valence-corrected chi connectivity index (χ2v) is 40.5. The molecule has 2 aromatic carbocycles. The number of H-pyrrole nitrogens is 3. The Morgan fingerprint density at radius 2 is 0.298 bits per heavy atom. The van der Waals surface area contributed by atoms with Gasteiger partial charge in [-0.15, -0.1) is 0 Å². The molecule has 0 atom stereocenters. The average Bonchev–Trinajstić information content (AvgIpc) is 1.70. The normalized spacial score (nSPS) is 11.6. The van der Waals surface area contributed by atoms with E-state index in [1.165, 1.54) is 462 Å². The molecule has 0 saturated carbocycles. The van der Waals surface area contributed by atoms with Gasteiger partial charge in [-0.2, -0.15) is 0 Å². The number of aromatic nitrogens is 3. The van der Waals surface area contributed by atoms with Crippen LogP contribution in [0, 0.1) is 0 Å². The molecule has 0 aliphatic carbocycles. The number of unbranched alkanes of at least 4 members (excludes halogenated alkanes) is 78. The zero-order chi connectivity index (χ0) is 92.7. The van der Waals surface area contributed by atoms with Crippen LogP contribution in [0.3, 0.4) is 0 Å². The van der Waals surface area contributed by atoms with E-state index < -0.39 is 0 Å². The first kappa shape index (κ1) is 116. The summed E-state index contributed by atoms with van der Waals surface area (Å²) in [6, 6.07) is 20.6. The van der Waals surface area contributed by atoms with Gasteiger partial charge in [-0.05, 0) is 87.1 Å². The molecule has 0 amide bonds. The smallest absolute Gasteiger partial charge is 0.203 e. The summed E-state index contributed by atoms with van der Waals surface area (Å²) in [7, 11) is 0. The summed E-state index contributed by atoms with van der Waals surface area (Å²) < 4.78 is 41.7. The molecule has 0 radical (unpaired) electrons. The van der Waals surface area contributed by atoms with Gasteiger partial charge in [0.1, 0.15) is 0 Å². The second-order valence-electron chi connectivity index (χ2n) is 40.5. The first-order valence-corrected chi connectivity index (χ1v) is 58.2. The van der Waals surface area contributed by atoms with E-state index >= 15 is 0 Å². The molecule has 10 heteroatoms. The predicted molar refractivity (Wildman–Crippen MR) is 572 cm³/mol. The van der Waals surface area contributed by atoms with E-state index in [1.807, 2.05) is 0 Å². The van der Waals surface area contributed by atoms with Crippen molar-refractivity contribution >= 4 is 0 Å². The fourth-order valence-electron chi connectivity index (χ4n) is 19.3. The third kappa shape index (κ3) is 61.6. The van der Waals surface area contributed by atoms with Crippen LogP contribution in [0.15, 0.2) is 65.5 Å². The molecule has 0 fully saturated rings. The quantitative estimate of drug-likeness (QED) is 0.0332. The topological polar surface area (TPSA) is 120 Å². The standard InChI is InChI=1S/C121H211N3O7/c1-7-13-19-25-31-37-43-49-55-61-67-73-79-85-95-126-116-101-107(102-117(127-96-86-80-74-68-62-56-50-44-38-32-26-20-14-8-2)120(116)130-99-89-83-77-71-65-59-53-47-41-35-29-23-17-11-5)110-91-93-112(122-110)114-105-109(125)106-115(124-114)113-94-92-111(123-113)108-103-118(128-97-87-81-75-69-63-57-51-45-39-33-27-21-15-9-3)121(131-100-90-84-78-72-66-60-54-48-42-36-30-24-18-12-6)119(104-108)129-98-88-82-76-70-64-58-52-46-40-34-28-22-16-10-4/h91-94,101-106,122-123H,7-90,95-100H2,1-6H3,(H,124,125). The zero-order valence-corrected chi connectivity index (χ0v) is 87.3. The fraction of sp³-hybridized carbons (Fsp3) is 0.793. The van der Waals surface area contributed by atoms with Crippen molar-refractivity contribution in [3.63, 3.8) is 0 Å². The van der Waals surface area contributed by atoms with E-state index in [0.29, 0.717) is 51.0 Å². The summed E-state index contributed by atoms with van der Waals surface area (Å²) in [6.07, 6.45) is 111. The van der Waals surface area contributed by atoms with E-state index in [1.54, 1.807) is 12.1 Å². The number of hydrogen-bond acceptors (Lipinski definition) is 7. The van der Waals surface area contributed by atoms with Crippen LogP contribution in [0.2, 0.25) is 0 Å². The largest absolute Gasteiger partial charge is 0.490 e. The highest BCUT2D eigenvalue weighted by atomic mass is 16.5. The van der Waals surface area contributed by atoms with Gasteiger partial charge in [-0.3, -0.25) is 4.79 Å². The molecule has 10 nitrogen and oxygen atoms in total. The number of nitrogens with one attached hydrogen (secondary N) is 3. The van der Waals surface area contributed by atoms with Crippen LogP contribution in [0.25, 0.3) is 45.3 Å². The summed E-state index contributed by atoms with van der Waals surface area (Å²) in [4.78, 5) is 25.4. The van der Waals surface area contributed by atoms with Gasteiger partial charge in [0.2, 0.25) is 11.5 Å². The SMILES string of the molecule is CCCCCCCCCCCCCCCCOc1cc(-c2ccc(-c3cc(=O)cc(-c4ccc(-c5cc(OCCCCCCCCCCCCCCCC)c(OCCCCCCCCCCCCCCCC)c(OCCCCCCCCCCCCCCCC)c5)[nH]4)[nH]3)[nH]2)cc(OCCCCCCCCCCCCCCCC)c1OCCCCCCCCCCCCCCCC. The Morgan fingerprint density at radius 1 is 0.160 bits per heavy atom. The molecule has 752 valence electrons. The minimum absolute atomic E-state index is 0.0709. The van der Waals surface area contributed by atoms with Gasteiger partial charge in [-0.25, -0.2) is 0 Å². The Bertz CT molecular complexity index is 3040. The first-order chi connectivity index (χ1) is 64.9. The van der Waals surface area contributed by atoms with Gasteiger partial charge in [0, 0.05) is 34.6 Å². The van der Waals surface area contributed by atoms with E-state index in [-0.39, 0.29) is 5.43 Å². The van der Waals surface area contributed by atoms with E-state index in [2.05, 4.69) is 105 Å². The molecule has 0 bridgehead atoms. The molecule has 0 aliphatic rings. The molecule has 3 heterocycles. The molecule has 0 aliphatic heterocycles. The Labute approximate surface area is 809 Å². The van der Waals surface area contributed by atoms with Crippen LogP contribution in [0.4, 0.5) is 0 Å². The van der Waals surface area contributed by atoms with Gasteiger partial charge in [0.15, 0.2) is 28.4 Å². The number of aromatic amines is 3. The summed E-state index contributed by atoms with van der Waals surface area (Å²) in [5.74, 6) is 4.48. The maximum atomic E-state index is 14.1. The Kier molecular flexibility index (Phi) is 76.6. The van der Waals surface area contributed by atoms with Crippen LogP contribution >= 0.6 is 0 Å². The summed E-state index contributed by atoms with van der Waals surface area (Å²) in [6.45, 7) is 17.6. The van der Waals surface area contributed by atoms with Crippen molar-refractivity contribution < 1.29 is 28.4 Å². The maximum absolute atomic E-state index is 14.1. The molecule has 0 unspecified atom stereocenters. The molecule has 0 spiro atoms. The van der Waals surface area contributed by atoms with Crippen molar-refractivity contribution in [3.05, 3.63) is 70.9 Å². The maximum Gasteiger partial charge on any atom is 0.203 e. The van der Waals surface area contributed by atoms with Crippen LogP contribution in [0.5, 0.6) is 34.5 Å². The van der Waals surface area contributed by atoms with Gasteiger partial charge < -0.3 is 43.4 Å². The number of hydrogen-bond donors (Lipinski definition) is 3. The van der Waals surface area contributed by atoms with Crippen molar-refractivity contribution in [3.8, 4) is 79.8 Å². The highest BCUT2D eigenvalue weighted by Gasteiger charge is 2.22. The minimum atomic E-state index is -0.0709. The second kappa shape index (κ2) is 86.3. The molecule has 3 N–H and O–H groups in total. The van der Waals surface area contributed by atoms with Gasteiger partial charge in [-0.1, -0.05) is 542 Å². The number of pyridine rings is 1. The molecule has 5 aromatic rings. The lowest BCUT2D eigenvalue weighted by molar-refractivity contribution is 0.234. The number of ether oxygens (including phenoxy) is 6. The fourth-order valence-corrected chi connectivity index (χ4v) is 19.3. The lowest BCUT2D eigenvalue weighted by Gasteiger charge is -2.19. The van der Waals surface area contributed by atoms with Crippen molar-refractivity contribution in [2.75, 3.05) is 39.6 Å². The lowest BCUT2D eigenvalue weighted by atomic mass is 10.0. The van der Waals surface area contributed by atoms with Gasteiger partial charge in [0.05, 0.1) is 62.4 Å². The average molecular weight is 1820 g/mol. The van der Waals surface area contributed by atoms with Crippen LogP contribution in [0.1, 0.15) is 581 Å². The lowest BCUT2D eigenvalue weighted by Crippen LogP contribution is -2.07. The molecule has 3 aromatic heterocycles. The van der Waals surface area contributed by atoms with Crippen molar-refractivity contribution in [2.45, 2.75) is 581 Å². The predicted octanol–water partition coefficient (Wildman–Crippen LogP) is 40.9.